The van der Waals surface area contributed by atoms with Gasteiger partial charge in [0.05, 0.1) is 11.6 Å². The average Bonchev–Trinajstić information content (AvgIpc) is 2.73. The molecule has 2 rings (SSSR count). The summed E-state index contributed by atoms with van der Waals surface area (Å²) in [5.41, 5.74) is 0.847. The molecule has 0 aliphatic carbocycles. The quantitative estimate of drug-likeness (QED) is 0.849. The predicted octanol–water partition coefficient (Wildman–Crippen LogP) is 0.00932. The van der Waals surface area contributed by atoms with Gasteiger partial charge in [0.25, 0.3) is 0 Å². The van der Waals surface area contributed by atoms with Gasteiger partial charge in [-0.1, -0.05) is 5.16 Å². The summed E-state index contributed by atoms with van der Waals surface area (Å²) in [5, 5.41) is 6.66. The van der Waals surface area contributed by atoms with Crippen LogP contribution in [0.2, 0.25) is 0 Å². The molecule has 1 atom stereocenters. The standard InChI is InChI=1S/C14H22N4O3/c1-10-6-13(16-21-10)9-17-4-5-18(11(2)19)8-12(7-17)14(20)15-3/h6,12H,4-5,7-9H2,1-3H3,(H,15,20)/t12-/m1/s1. The van der Waals surface area contributed by atoms with E-state index in [1.165, 1.54) is 6.92 Å². The van der Waals surface area contributed by atoms with Gasteiger partial charge in [-0.05, 0) is 6.92 Å². The van der Waals surface area contributed by atoms with Gasteiger partial charge in [0.1, 0.15) is 5.76 Å². The van der Waals surface area contributed by atoms with Gasteiger partial charge in [-0.15, -0.1) is 0 Å². The van der Waals surface area contributed by atoms with Crippen LogP contribution in [0.1, 0.15) is 18.4 Å². The minimum absolute atomic E-state index is 0.00281. The molecular weight excluding hydrogens is 272 g/mol. The molecule has 0 radical (unpaired) electrons. The lowest BCUT2D eigenvalue weighted by Gasteiger charge is -2.22. The number of carbonyl (C=O) groups is 2. The minimum atomic E-state index is -0.227. The number of nitrogens with zero attached hydrogens (tertiary/aromatic N) is 3. The third-order valence-electron chi connectivity index (χ3n) is 3.73. The zero-order valence-electron chi connectivity index (χ0n) is 12.8. The number of nitrogens with one attached hydrogen (secondary N) is 1. The second-order valence-electron chi connectivity index (χ2n) is 5.44. The van der Waals surface area contributed by atoms with E-state index in [0.717, 1.165) is 18.0 Å². The Hall–Kier alpha value is -1.89. The average molecular weight is 294 g/mol. The molecule has 0 unspecified atom stereocenters. The maximum Gasteiger partial charge on any atom is 0.225 e. The van der Waals surface area contributed by atoms with Crippen molar-refractivity contribution in [3.05, 3.63) is 17.5 Å². The van der Waals surface area contributed by atoms with Crippen LogP contribution in [0.3, 0.4) is 0 Å². The summed E-state index contributed by atoms with van der Waals surface area (Å²) in [4.78, 5) is 27.5. The lowest BCUT2D eigenvalue weighted by molar-refractivity contribution is -0.130. The minimum Gasteiger partial charge on any atom is -0.361 e. The highest BCUT2D eigenvalue weighted by Gasteiger charge is 2.28. The Kier molecular flexibility index (Phi) is 4.95. The molecule has 0 bridgehead atoms. The second kappa shape index (κ2) is 6.71. The van der Waals surface area contributed by atoms with Crippen LogP contribution in [0.25, 0.3) is 0 Å². The first-order valence-corrected chi connectivity index (χ1v) is 7.11. The molecule has 1 N–H and O–H groups in total. The van der Waals surface area contributed by atoms with E-state index >= 15 is 0 Å². The van der Waals surface area contributed by atoms with Crippen LogP contribution >= 0.6 is 0 Å². The van der Waals surface area contributed by atoms with Gasteiger partial charge in [-0.2, -0.15) is 0 Å². The van der Waals surface area contributed by atoms with E-state index in [0.29, 0.717) is 26.2 Å². The monoisotopic (exact) mass is 294 g/mol. The van der Waals surface area contributed by atoms with Gasteiger partial charge in [-0.3, -0.25) is 14.5 Å². The number of hydrogen-bond donors (Lipinski definition) is 1. The van der Waals surface area contributed by atoms with Gasteiger partial charge < -0.3 is 14.7 Å². The third-order valence-corrected chi connectivity index (χ3v) is 3.73. The number of hydrogen-bond acceptors (Lipinski definition) is 5. The first-order valence-electron chi connectivity index (χ1n) is 7.11. The normalized spacial score (nSPS) is 20.1. The molecule has 1 aliphatic rings. The molecule has 2 heterocycles. The SMILES string of the molecule is CNC(=O)[C@@H]1CN(Cc2cc(C)on2)CCN(C(C)=O)C1. The number of carbonyl (C=O) groups excluding carboxylic acids is 2. The predicted molar refractivity (Wildman–Crippen MR) is 76.3 cm³/mol. The zero-order chi connectivity index (χ0) is 15.4. The molecule has 0 aromatic carbocycles. The van der Waals surface area contributed by atoms with Crippen molar-refractivity contribution in [2.75, 3.05) is 33.2 Å². The Balaban J connectivity index is 2.08. The van der Waals surface area contributed by atoms with E-state index < -0.39 is 0 Å². The number of aromatic nitrogens is 1. The zero-order valence-corrected chi connectivity index (χ0v) is 12.8. The fraction of sp³-hybridized carbons (Fsp3) is 0.643. The highest BCUT2D eigenvalue weighted by Crippen LogP contribution is 2.14. The Morgan fingerprint density at radius 2 is 2.19 bits per heavy atom. The van der Waals surface area contributed by atoms with Crippen molar-refractivity contribution in [3.63, 3.8) is 0 Å². The lowest BCUT2D eigenvalue weighted by Crippen LogP contribution is -2.40. The number of rotatable bonds is 3. The van der Waals surface area contributed by atoms with Gasteiger partial charge in [0.2, 0.25) is 11.8 Å². The van der Waals surface area contributed by atoms with Crippen LogP contribution in [0.15, 0.2) is 10.6 Å². The first-order chi connectivity index (χ1) is 9.99. The van der Waals surface area contributed by atoms with Gasteiger partial charge in [0.15, 0.2) is 0 Å². The summed E-state index contributed by atoms with van der Waals surface area (Å²) in [6.45, 7) is 6.43. The Morgan fingerprint density at radius 1 is 1.43 bits per heavy atom. The highest BCUT2D eigenvalue weighted by atomic mass is 16.5. The number of amides is 2. The van der Waals surface area contributed by atoms with Crippen molar-refractivity contribution in [2.24, 2.45) is 5.92 Å². The summed E-state index contributed by atoms with van der Waals surface area (Å²) in [5.74, 6) is 0.509. The van der Waals surface area contributed by atoms with Crippen LogP contribution in [0, 0.1) is 12.8 Å². The topological polar surface area (TPSA) is 78.7 Å². The highest BCUT2D eigenvalue weighted by molar-refractivity contribution is 5.80. The Bertz CT molecular complexity index is 514. The molecule has 1 aromatic rings. The van der Waals surface area contributed by atoms with E-state index in [4.69, 9.17) is 4.52 Å². The maximum atomic E-state index is 12.0. The molecular formula is C14H22N4O3. The summed E-state index contributed by atoms with van der Waals surface area (Å²) >= 11 is 0. The van der Waals surface area contributed by atoms with E-state index in [1.54, 1.807) is 11.9 Å². The van der Waals surface area contributed by atoms with Gasteiger partial charge in [-0.25, -0.2) is 0 Å². The van der Waals surface area contributed by atoms with Crippen molar-refractivity contribution in [2.45, 2.75) is 20.4 Å². The lowest BCUT2D eigenvalue weighted by atomic mass is 10.1. The smallest absolute Gasteiger partial charge is 0.225 e. The van der Waals surface area contributed by atoms with Crippen LogP contribution in [-0.2, 0) is 16.1 Å². The Morgan fingerprint density at radius 3 is 2.76 bits per heavy atom. The summed E-state index contributed by atoms with van der Waals surface area (Å²) in [7, 11) is 1.62. The molecule has 1 saturated heterocycles. The first kappa shape index (κ1) is 15.5. The van der Waals surface area contributed by atoms with Crippen LogP contribution in [-0.4, -0.2) is 60.0 Å². The molecule has 7 heteroatoms. The second-order valence-corrected chi connectivity index (χ2v) is 5.44. The van der Waals surface area contributed by atoms with E-state index in [2.05, 4.69) is 15.4 Å². The van der Waals surface area contributed by atoms with Crippen LogP contribution in [0.5, 0.6) is 0 Å². The summed E-state index contributed by atoms with van der Waals surface area (Å²) in [6, 6.07) is 1.89. The van der Waals surface area contributed by atoms with E-state index in [-0.39, 0.29) is 17.7 Å². The molecule has 2 amide bonds. The molecule has 1 aliphatic heterocycles. The molecule has 7 nitrogen and oxygen atoms in total. The Labute approximate surface area is 124 Å². The van der Waals surface area contributed by atoms with E-state index in [9.17, 15) is 9.59 Å². The molecule has 1 aromatic heterocycles. The maximum absolute atomic E-state index is 12.0. The largest absolute Gasteiger partial charge is 0.361 e. The number of aryl methyl sites for hydroxylation is 1. The van der Waals surface area contributed by atoms with Crippen molar-refractivity contribution >= 4 is 11.8 Å². The van der Waals surface area contributed by atoms with E-state index in [1.807, 2.05) is 13.0 Å². The van der Waals surface area contributed by atoms with Gasteiger partial charge >= 0.3 is 0 Å². The third kappa shape index (κ3) is 4.04. The molecule has 1 fully saturated rings. The van der Waals surface area contributed by atoms with Crippen LogP contribution in [0.4, 0.5) is 0 Å². The molecule has 0 spiro atoms. The fourth-order valence-corrected chi connectivity index (χ4v) is 2.60. The summed E-state index contributed by atoms with van der Waals surface area (Å²) < 4.78 is 5.07. The summed E-state index contributed by atoms with van der Waals surface area (Å²) in [6.07, 6.45) is 0. The fourth-order valence-electron chi connectivity index (χ4n) is 2.60. The van der Waals surface area contributed by atoms with Crippen molar-refractivity contribution in [3.8, 4) is 0 Å². The molecule has 21 heavy (non-hydrogen) atoms. The van der Waals surface area contributed by atoms with Crippen LogP contribution < -0.4 is 5.32 Å². The molecule has 0 saturated carbocycles. The van der Waals surface area contributed by atoms with Gasteiger partial charge in [0, 0.05) is 52.8 Å². The van der Waals surface area contributed by atoms with Crippen molar-refractivity contribution in [1.29, 1.82) is 0 Å². The molecule has 116 valence electrons. The van der Waals surface area contributed by atoms with Crippen molar-refractivity contribution < 1.29 is 14.1 Å². The van der Waals surface area contributed by atoms with Crippen molar-refractivity contribution in [1.82, 2.24) is 20.3 Å².